The van der Waals surface area contributed by atoms with Crippen LogP contribution in [-0.2, 0) is 4.79 Å². The second kappa shape index (κ2) is 8.66. The van der Waals surface area contributed by atoms with Crippen molar-refractivity contribution in [3.8, 4) is 0 Å². The quantitative estimate of drug-likeness (QED) is 0.192. The van der Waals surface area contributed by atoms with Crippen LogP contribution in [0.1, 0.15) is 5.82 Å². The lowest BCUT2D eigenvalue weighted by atomic mass is 10.2. The fourth-order valence-corrected chi connectivity index (χ4v) is 4.87. The van der Waals surface area contributed by atoms with E-state index in [9.17, 15) is 14.9 Å². The first-order valence-corrected chi connectivity index (χ1v) is 11.5. The Bertz CT molecular complexity index is 1360. The summed E-state index contributed by atoms with van der Waals surface area (Å²) in [7, 11) is 0. The van der Waals surface area contributed by atoms with Crippen LogP contribution in [0.4, 0.5) is 11.4 Å². The summed E-state index contributed by atoms with van der Waals surface area (Å²) in [6, 6.07) is 14.5. The number of nitrogens with zero attached hydrogens (tertiary/aromatic N) is 7. The molecule has 0 unspecified atom stereocenters. The Morgan fingerprint density at radius 1 is 1.06 bits per heavy atom. The van der Waals surface area contributed by atoms with Gasteiger partial charge in [0.15, 0.2) is 10.8 Å². The maximum Gasteiger partial charge on any atom is 0.292 e. The van der Waals surface area contributed by atoms with Crippen LogP contribution in [0.25, 0.3) is 16.6 Å². The summed E-state index contributed by atoms with van der Waals surface area (Å²) in [6.07, 6.45) is 0. The van der Waals surface area contributed by atoms with E-state index in [1.807, 2.05) is 36.1 Å². The number of hydrogen-bond donors (Lipinski definition) is 0. The van der Waals surface area contributed by atoms with Gasteiger partial charge in [-0.3, -0.25) is 14.9 Å². The van der Waals surface area contributed by atoms with Gasteiger partial charge in [-0.1, -0.05) is 36.0 Å². The molecule has 0 atom stereocenters. The summed E-state index contributed by atoms with van der Waals surface area (Å²) in [4.78, 5) is 36.8. The molecule has 0 aliphatic carbocycles. The molecule has 3 heterocycles. The first-order chi connectivity index (χ1) is 16.0. The normalized spacial score (nSPS) is 14.2. The molecule has 4 aromatic rings. The van der Waals surface area contributed by atoms with Crippen LogP contribution in [0.5, 0.6) is 0 Å². The summed E-state index contributed by atoms with van der Waals surface area (Å²) in [6.45, 7) is 3.94. The van der Waals surface area contributed by atoms with E-state index in [0.717, 1.165) is 16.6 Å². The van der Waals surface area contributed by atoms with Crippen LogP contribution in [0.2, 0.25) is 0 Å². The van der Waals surface area contributed by atoms with Gasteiger partial charge >= 0.3 is 0 Å². The zero-order valence-electron chi connectivity index (χ0n) is 17.9. The van der Waals surface area contributed by atoms with Crippen LogP contribution < -0.4 is 4.90 Å². The first-order valence-electron chi connectivity index (χ1n) is 10.5. The third-order valence-corrected chi connectivity index (χ3v) is 6.55. The third-order valence-electron chi connectivity index (χ3n) is 5.63. The number of para-hydroxylation sites is 3. The van der Waals surface area contributed by atoms with E-state index in [2.05, 4.69) is 10.1 Å². The number of piperazine rings is 1. The predicted molar refractivity (Wildman–Crippen MR) is 126 cm³/mol. The lowest BCUT2D eigenvalue weighted by Crippen LogP contribution is -2.49. The zero-order valence-corrected chi connectivity index (χ0v) is 18.7. The molecule has 11 heteroatoms. The summed E-state index contributed by atoms with van der Waals surface area (Å²) in [5, 5.41) is 17.3. The van der Waals surface area contributed by atoms with Crippen molar-refractivity contribution in [3.05, 3.63) is 64.5 Å². The van der Waals surface area contributed by atoms with Gasteiger partial charge in [0.2, 0.25) is 5.91 Å². The smallest absolute Gasteiger partial charge is 0.292 e. The molecule has 0 bridgehead atoms. The van der Waals surface area contributed by atoms with Gasteiger partial charge in [0.1, 0.15) is 11.5 Å². The van der Waals surface area contributed by atoms with E-state index in [1.54, 1.807) is 27.6 Å². The van der Waals surface area contributed by atoms with Crippen LogP contribution in [0.15, 0.2) is 53.7 Å². The van der Waals surface area contributed by atoms with Gasteiger partial charge < -0.3 is 9.80 Å². The van der Waals surface area contributed by atoms with Crippen LogP contribution in [-0.4, -0.2) is 67.2 Å². The van der Waals surface area contributed by atoms with E-state index in [4.69, 9.17) is 4.98 Å². The standard InChI is InChI=1S/C22H21N7O3S/c1-15-23-21-16-6-2-3-7-17(16)24-22(28(21)25-15)33-14-20(30)27-12-10-26(11-13-27)18-8-4-5-9-19(18)29(31)32/h2-9H,10-14H2,1H3. The molecular weight excluding hydrogens is 442 g/mol. The van der Waals surface area contributed by atoms with Crippen molar-refractivity contribution in [1.82, 2.24) is 24.5 Å². The monoisotopic (exact) mass is 463 g/mol. The Morgan fingerprint density at radius 2 is 1.79 bits per heavy atom. The lowest BCUT2D eigenvalue weighted by molar-refractivity contribution is -0.384. The minimum Gasteiger partial charge on any atom is -0.362 e. The predicted octanol–water partition coefficient (Wildman–Crippen LogP) is 2.94. The van der Waals surface area contributed by atoms with Crippen molar-refractivity contribution in [2.75, 3.05) is 36.8 Å². The van der Waals surface area contributed by atoms with Crippen molar-refractivity contribution in [1.29, 1.82) is 0 Å². The van der Waals surface area contributed by atoms with Gasteiger partial charge in [0.25, 0.3) is 5.69 Å². The largest absolute Gasteiger partial charge is 0.362 e. The number of fused-ring (bicyclic) bond motifs is 3. The fraction of sp³-hybridized carbons (Fsp3) is 0.273. The Hall–Kier alpha value is -3.73. The van der Waals surface area contributed by atoms with Crippen molar-refractivity contribution >= 4 is 45.6 Å². The van der Waals surface area contributed by atoms with E-state index >= 15 is 0 Å². The van der Waals surface area contributed by atoms with Gasteiger partial charge in [0, 0.05) is 37.6 Å². The number of aromatic nitrogens is 4. The second-order valence-corrected chi connectivity index (χ2v) is 8.65. The molecule has 1 amide bonds. The third kappa shape index (κ3) is 4.07. The van der Waals surface area contributed by atoms with Gasteiger partial charge in [0.05, 0.1) is 16.2 Å². The minimum atomic E-state index is -0.368. The molecule has 0 spiro atoms. The average Bonchev–Trinajstić information content (AvgIpc) is 3.24. The summed E-state index contributed by atoms with van der Waals surface area (Å²) < 4.78 is 1.70. The highest BCUT2D eigenvalue weighted by molar-refractivity contribution is 7.99. The molecule has 2 aromatic heterocycles. The highest BCUT2D eigenvalue weighted by Crippen LogP contribution is 2.29. The molecule has 2 aromatic carbocycles. The minimum absolute atomic E-state index is 0.00200. The average molecular weight is 464 g/mol. The number of nitro groups is 1. The Kier molecular flexibility index (Phi) is 5.55. The van der Waals surface area contributed by atoms with Gasteiger partial charge in [-0.2, -0.15) is 4.52 Å². The van der Waals surface area contributed by atoms with E-state index in [-0.39, 0.29) is 22.3 Å². The van der Waals surface area contributed by atoms with Crippen molar-refractivity contribution in [3.63, 3.8) is 0 Å². The second-order valence-electron chi connectivity index (χ2n) is 7.71. The number of benzene rings is 2. The van der Waals surface area contributed by atoms with Gasteiger partial charge in [-0.05, 0) is 25.1 Å². The number of aryl methyl sites for hydroxylation is 1. The lowest BCUT2D eigenvalue weighted by Gasteiger charge is -2.35. The number of thioether (sulfide) groups is 1. The number of nitro benzene ring substituents is 1. The zero-order chi connectivity index (χ0) is 22.9. The summed E-state index contributed by atoms with van der Waals surface area (Å²) in [5.41, 5.74) is 2.21. The van der Waals surface area contributed by atoms with Crippen molar-refractivity contribution < 1.29 is 9.72 Å². The number of anilines is 1. The van der Waals surface area contributed by atoms with Gasteiger partial charge in [-0.25, -0.2) is 9.97 Å². The molecule has 0 saturated carbocycles. The molecule has 1 fully saturated rings. The molecule has 1 aliphatic heterocycles. The topological polar surface area (TPSA) is 110 Å². The highest BCUT2D eigenvalue weighted by Gasteiger charge is 2.26. The molecule has 168 valence electrons. The van der Waals surface area contributed by atoms with E-state index in [0.29, 0.717) is 42.8 Å². The highest BCUT2D eigenvalue weighted by atomic mass is 32.2. The van der Waals surface area contributed by atoms with Crippen molar-refractivity contribution in [2.45, 2.75) is 12.1 Å². The number of hydrogen-bond acceptors (Lipinski definition) is 8. The molecule has 0 radical (unpaired) electrons. The van der Waals surface area contributed by atoms with Crippen molar-refractivity contribution in [2.24, 2.45) is 0 Å². The Labute approximate surface area is 193 Å². The fourth-order valence-electron chi connectivity index (χ4n) is 4.03. The van der Waals surface area contributed by atoms with E-state index in [1.165, 1.54) is 17.8 Å². The van der Waals surface area contributed by atoms with Gasteiger partial charge in [-0.15, -0.1) is 5.10 Å². The number of carbonyl (C=O) groups is 1. The SMILES string of the molecule is Cc1nc2c3ccccc3nc(SCC(=O)N3CCN(c4ccccc4[N+](=O)[O-])CC3)n2n1. The first kappa shape index (κ1) is 21.1. The molecule has 33 heavy (non-hydrogen) atoms. The summed E-state index contributed by atoms with van der Waals surface area (Å²) >= 11 is 1.34. The number of carbonyl (C=O) groups excluding carboxylic acids is 1. The maximum atomic E-state index is 12.9. The number of amides is 1. The molecular formula is C22H21N7O3S. The number of rotatable bonds is 5. The summed E-state index contributed by atoms with van der Waals surface area (Å²) in [5.74, 6) is 0.875. The van der Waals surface area contributed by atoms with Crippen LogP contribution >= 0.6 is 11.8 Å². The molecule has 1 saturated heterocycles. The maximum absolute atomic E-state index is 12.9. The Morgan fingerprint density at radius 3 is 2.58 bits per heavy atom. The van der Waals surface area contributed by atoms with E-state index < -0.39 is 0 Å². The molecule has 1 aliphatic rings. The van der Waals surface area contributed by atoms with Crippen LogP contribution in [0, 0.1) is 17.0 Å². The molecule has 5 rings (SSSR count). The Balaban J connectivity index is 1.27. The molecule has 0 N–H and O–H groups in total. The molecule has 10 nitrogen and oxygen atoms in total. The van der Waals surface area contributed by atoms with Crippen LogP contribution in [0.3, 0.4) is 0 Å².